The first-order valence-corrected chi connectivity index (χ1v) is 20.0. The predicted molar refractivity (Wildman–Crippen MR) is 218 cm³/mol. The van der Waals surface area contributed by atoms with Crippen molar-refractivity contribution in [1.82, 2.24) is 5.32 Å². The van der Waals surface area contributed by atoms with E-state index in [1.165, 1.54) is 30.3 Å². The molecule has 6 aromatic rings. The number of hydrogen-bond donors (Lipinski definition) is 1. The predicted octanol–water partition coefficient (Wildman–Crippen LogP) is 9.41. The highest BCUT2D eigenvalue weighted by molar-refractivity contribution is 7.91. The Morgan fingerprint density at radius 2 is 0.879 bits per heavy atom. The lowest BCUT2D eigenvalue weighted by molar-refractivity contribution is 0.0874. The van der Waals surface area contributed by atoms with Crippen LogP contribution in [0.25, 0.3) is 0 Å². The number of nitrogens with zero attached hydrogens (tertiary/aromatic N) is 1. The molecule has 0 bridgehead atoms. The maximum absolute atomic E-state index is 13.6. The third kappa shape index (κ3) is 6.83. The maximum atomic E-state index is 13.6. The molecular weight excluding hydrogens is 753 g/mol. The molecule has 0 spiro atoms. The topological polar surface area (TPSA) is 136 Å². The minimum atomic E-state index is -3.82. The van der Waals surface area contributed by atoms with Gasteiger partial charge in [0.1, 0.15) is 23.0 Å². The number of imide groups is 2. The Hall–Kier alpha value is -6.85. The summed E-state index contributed by atoms with van der Waals surface area (Å²) < 4.78 is 38.8. The lowest BCUT2D eigenvalue weighted by atomic mass is 9.78. The van der Waals surface area contributed by atoms with Crippen LogP contribution in [0, 0.1) is 0 Å². The zero-order valence-electron chi connectivity index (χ0n) is 32.3. The van der Waals surface area contributed by atoms with Gasteiger partial charge in [-0.1, -0.05) is 71.0 Å². The van der Waals surface area contributed by atoms with Gasteiger partial charge in [0.25, 0.3) is 23.6 Å². The van der Waals surface area contributed by atoms with Crippen molar-refractivity contribution >= 4 is 39.2 Å². The summed E-state index contributed by atoms with van der Waals surface area (Å²) in [5, 5.41) is 2.28. The van der Waals surface area contributed by atoms with Crippen molar-refractivity contribution in [3.8, 4) is 23.0 Å². The van der Waals surface area contributed by atoms with Crippen LogP contribution in [0.3, 0.4) is 0 Å². The molecule has 1 N–H and O–H groups in total. The van der Waals surface area contributed by atoms with Gasteiger partial charge in [-0.15, -0.1) is 0 Å². The summed E-state index contributed by atoms with van der Waals surface area (Å²) in [5.41, 5.74) is 3.81. The molecule has 290 valence electrons. The first-order valence-electron chi connectivity index (χ1n) is 18.6. The van der Waals surface area contributed by atoms with Crippen molar-refractivity contribution in [3.05, 3.63) is 172 Å². The number of carbonyl (C=O) groups excluding carboxylic acids is 4. The number of carbonyl (C=O) groups is 4. The summed E-state index contributed by atoms with van der Waals surface area (Å²) in [6, 6.07) is 37.3. The summed E-state index contributed by atoms with van der Waals surface area (Å²) in [4.78, 5) is 52.2. The van der Waals surface area contributed by atoms with E-state index in [1.807, 2.05) is 60.7 Å². The van der Waals surface area contributed by atoms with Crippen LogP contribution in [0.2, 0.25) is 0 Å². The van der Waals surface area contributed by atoms with Gasteiger partial charge in [-0.05, 0) is 119 Å². The average Bonchev–Trinajstić information content (AvgIpc) is 3.63. The third-order valence-electron chi connectivity index (χ3n) is 10.6. The number of amides is 4. The molecule has 2 heterocycles. The number of anilines is 1. The van der Waals surface area contributed by atoms with Crippen molar-refractivity contribution < 1.29 is 37.1 Å². The highest BCUT2D eigenvalue weighted by Gasteiger charge is 2.37. The molecule has 0 aromatic heterocycles. The highest BCUT2D eigenvalue weighted by atomic mass is 32.2. The summed E-state index contributed by atoms with van der Waals surface area (Å²) in [6.45, 7) is 10.4. The molecule has 0 saturated heterocycles. The number of rotatable bonds is 9. The quantitative estimate of drug-likeness (QED) is 0.143. The second-order valence-corrected chi connectivity index (χ2v) is 17.7. The van der Waals surface area contributed by atoms with E-state index in [0.717, 1.165) is 21.6 Å². The SMILES string of the molecule is CC(C)(C)c1ccc(S(=O)(=O)c2ccc(N3C(=O)c4ccc(Oc5ccc(C(C)(C)c6ccc(Oc7ccc8c(c7)C(=O)NC8=O)cc6)cc5)cc4C3=O)cc2)cc1. The lowest BCUT2D eigenvalue weighted by Gasteiger charge is -2.26. The third-order valence-corrected chi connectivity index (χ3v) is 12.4. The van der Waals surface area contributed by atoms with Gasteiger partial charge in [-0.25, -0.2) is 13.3 Å². The molecule has 8 rings (SSSR count). The lowest BCUT2D eigenvalue weighted by Crippen LogP contribution is -2.29. The average molecular weight is 791 g/mol. The van der Waals surface area contributed by atoms with E-state index < -0.39 is 38.9 Å². The number of hydrogen-bond acceptors (Lipinski definition) is 8. The number of benzene rings is 6. The second kappa shape index (κ2) is 14.0. The van der Waals surface area contributed by atoms with Crippen molar-refractivity contribution in [3.63, 3.8) is 0 Å². The van der Waals surface area contributed by atoms with Crippen LogP contribution in [-0.4, -0.2) is 32.0 Å². The van der Waals surface area contributed by atoms with Gasteiger partial charge in [-0.2, -0.15) is 0 Å². The molecule has 0 atom stereocenters. The summed E-state index contributed by atoms with van der Waals surface area (Å²) in [7, 11) is -3.82. The molecular formula is C47H38N2O8S. The van der Waals surface area contributed by atoms with E-state index in [1.54, 1.807) is 42.5 Å². The fraction of sp³-hybridized carbons (Fsp3) is 0.149. The molecule has 6 aromatic carbocycles. The van der Waals surface area contributed by atoms with E-state index in [0.29, 0.717) is 28.6 Å². The van der Waals surface area contributed by atoms with Crippen molar-refractivity contribution in [2.24, 2.45) is 0 Å². The van der Waals surface area contributed by atoms with Gasteiger partial charge in [0, 0.05) is 5.41 Å². The molecule has 11 heteroatoms. The summed E-state index contributed by atoms with van der Waals surface area (Å²) in [5.74, 6) is 0.0174. The van der Waals surface area contributed by atoms with Crippen molar-refractivity contribution in [1.29, 1.82) is 0 Å². The van der Waals surface area contributed by atoms with Crippen LogP contribution in [-0.2, 0) is 20.7 Å². The van der Waals surface area contributed by atoms with Crippen LogP contribution >= 0.6 is 0 Å². The Balaban J connectivity index is 0.927. The molecule has 0 fully saturated rings. The highest BCUT2D eigenvalue weighted by Crippen LogP contribution is 2.37. The van der Waals surface area contributed by atoms with Crippen LogP contribution in [0.5, 0.6) is 23.0 Å². The largest absolute Gasteiger partial charge is 0.457 e. The first kappa shape index (κ1) is 38.0. The Morgan fingerprint density at radius 1 is 0.466 bits per heavy atom. The van der Waals surface area contributed by atoms with Crippen LogP contribution < -0.4 is 19.7 Å². The molecule has 58 heavy (non-hydrogen) atoms. The fourth-order valence-electron chi connectivity index (χ4n) is 7.09. The minimum Gasteiger partial charge on any atom is -0.457 e. The molecule has 10 nitrogen and oxygen atoms in total. The number of fused-ring (bicyclic) bond motifs is 2. The van der Waals surface area contributed by atoms with E-state index in [4.69, 9.17) is 9.47 Å². The van der Waals surface area contributed by atoms with Gasteiger partial charge in [-0.3, -0.25) is 24.5 Å². The zero-order chi connectivity index (χ0) is 41.1. The van der Waals surface area contributed by atoms with Gasteiger partial charge < -0.3 is 9.47 Å². The van der Waals surface area contributed by atoms with E-state index >= 15 is 0 Å². The second-order valence-electron chi connectivity index (χ2n) is 15.8. The fourth-order valence-corrected chi connectivity index (χ4v) is 8.35. The molecule has 2 aliphatic heterocycles. The van der Waals surface area contributed by atoms with Gasteiger partial charge in [0.2, 0.25) is 9.84 Å². The Labute approximate surface area is 336 Å². The van der Waals surface area contributed by atoms with E-state index in [9.17, 15) is 27.6 Å². The van der Waals surface area contributed by atoms with E-state index in [2.05, 4.69) is 39.9 Å². The standard InChI is InChI=1S/C47H38N2O8S/c1-46(2,3)28-10-20-36(21-11-28)58(54,55)37-22-12-31(13-23-37)49-44(52)39-25-19-35(27-41(39)45(49)53)57-33-16-8-30(9-17-33)47(4,5)29-6-14-32(15-7-29)56-34-18-24-38-40(26-34)43(51)48-42(38)50/h6-27H,1-5H3,(H,48,50,51). The number of sulfone groups is 1. The van der Waals surface area contributed by atoms with Crippen molar-refractivity contribution in [2.45, 2.75) is 55.2 Å². The smallest absolute Gasteiger partial charge is 0.266 e. The molecule has 0 unspecified atom stereocenters. The van der Waals surface area contributed by atoms with Gasteiger partial charge >= 0.3 is 0 Å². The van der Waals surface area contributed by atoms with Gasteiger partial charge in [0.15, 0.2) is 0 Å². The summed E-state index contributed by atoms with van der Waals surface area (Å²) in [6.07, 6.45) is 0. The van der Waals surface area contributed by atoms with Crippen LogP contribution in [0.15, 0.2) is 143 Å². The van der Waals surface area contributed by atoms with E-state index in [-0.39, 0.29) is 37.6 Å². The van der Waals surface area contributed by atoms with Crippen LogP contribution in [0.4, 0.5) is 5.69 Å². The van der Waals surface area contributed by atoms with Crippen molar-refractivity contribution in [2.75, 3.05) is 4.90 Å². The van der Waals surface area contributed by atoms with Gasteiger partial charge in [0.05, 0.1) is 37.7 Å². The minimum absolute atomic E-state index is 0.0509. The normalized spacial score (nSPS) is 14.0. The molecule has 0 radical (unpaired) electrons. The first-order chi connectivity index (χ1) is 27.5. The molecule has 0 saturated carbocycles. The Morgan fingerprint density at radius 3 is 1.40 bits per heavy atom. The van der Waals surface area contributed by atoms with Crippen LogP contribution in [0.1, 0.15) is 92.7 Å². The zero-order valence-corrected chi connectivity index (χ0v) is 33.1. The Bertz CT molecular complexity index is 2770. The molecule has 4 amide bonds. The monoisotopic (exact) mass is 790 g/mol. The Kier molecular flexibility index (Phi) is 9.16. The number of nitrogens with one attached hydrogen (secondary N) is 1. The maximum Gasteiger partial charge on any atom is 0.266 e. The molecule has 0 aliphatic carbocycles. The molecule has 2 aliphatic rings. The summed E-state index contributed by atoms with van der Waals surface area (Å²) >= 11 is 0. The number of ether oxygens (including phenoxy) is 2.